The minimum atomic E-state index is -0.175. The van der Waals surface area contributed by atoms with E-state index in [0.717, 1.165) is 35.5 Å². The third-order valence-corrected chi connectivity index (χ3v) is 5.36. The molecular formula is C22H25N3O4. The van der Waals surface area contributed by atoms with E-state index in [0.29, 0.717) is 25.4 Å². The predicted molar refractivity (Wildman–Crippen MR) is 109 cm³/mol. The van der Waals surface area contributed by atoms with Crippen molar-refractivity contribution in [2.45, 2.75) is 25.3 Å². The van der Waals surface area contributed by atoms with Crippen molar-refractivity contribution in [1.29, 1.82) is 0 Å². The second kappa shape index (κ2) is 8.43. The Balaban J connectivity index is 1.55. The number of likely N-dealkylation sites (tertiary alicyclic amines) is 1. The number of carbonyl (C=O) groups is 2. The average molecular weight is 395 g/mol. The highest BCUT2D eigenvalue weighted by Gasteiger charge is 2.33. The zero-order valence-electron chi connectivity index (χ0n) is 16.4. The lowest BCUT2D eigenvalue weighted by Gasteiger charge is -2.29. The first-order valence-electron chi connectivity index (χ1n) is 9.92. The van der Waals surface area contributed by atoms with E-state index < -0.39 is 0 Å². The largest absolute Gasteiger partial charge is 0.486 e. The molecule has 1 saturated heterocycles. The van der Waals surface area contributed by atoms with Crippen molar-refractivity contribution in [3.8, 4) is 11.5 Å². The lowest BCUT2D eigenvalue weighted by Crippen LogP contribution is -2.35. The molecule has 1 atom stereocenters. The summed E-state index contributed by atoms with van der Waals surface area (Å²) in [5.74, 6) is 1.37. The number of benzene rings is 2. The normalized spacial score (nSPS) is 17.7. The summed E-state index contributed by atoms with van der Waals surface area (Å²) in [6.45, 7) is 1.71. The summed E-state index contributed by atoms with van der Waals surface area (Å²) in [5, 5.41) is 5.62. The zero-order chi connectivity index (χ0) is 20.2. The van der Waals surface area contributed by atoms with Gasteiger partial charge in [-0.2, -0.15) is 0 Å². The maximum absolute atomic E-state index is 13.1. The highest BCUT2D eigenvalue weighted by atomic mass is 16.6. The van der Waals surface area contributed by atoms with Crippen molar-refractivity contribution >= 4 is 17.6 Å². The number of hydrogen-bond acceptors (Lipinski definition) is 4. The second-order valence-corrected chi connectivity index (χ2v) is 7.16. The summed E-state index contributed by atoms with van der Waals surface area (Å²) in [6.07, 6.45) is 2.00. The van der Waals surface area contributed by atoms with E-state index >= 15 is 0 Å². The van der Waals surface area contributed by atoms with Gasteiger partial charge in [0.15, 0.2) is 11.5 Å². The van der Waals surface area contributed by atoms with Gasteiger partial charge in [0.05, 0.1) is 12.5 Å². The standard InChI is InChI=1S/C22H25N3O4/c1-23-20(26)14-15-6-2-3-8-17(15)24-22(27)25-11-5-9-18(25)16-7-4-10-19-21(16)29-13-12-28-19/h2-4,6-8,10,18H,5,9,11-14H2,1H3,(H,23,26)(H,24,27). The number of likely N-dealkylation sites (N-methyl/N-ethyl adjacent to an activating group) is 1. The number of carbonyl (C=O) groups excluding carboxylic acids is 2. The Morgan fingerprint density at radius 1 is 1.10 bits per heavy atom. The minimum absolute atomic E-state index is 0.0715. The molecule has 2 heterocycles. The number of fused-ring (bicyclic) bond motifs is 1. The van der Waals surface area contributed by atoms with Crippen LogP contribution < -0.4 is 20.1 Å². The van der Waals surface area contributed by atoms with Gasteiger partial charge in [0.2, 0.25) is 5.91 Å². The Bertz CT molecular complexity index is 915. The topological polar surface area (TPSA) is 79.9 Å². The van der Waals surface area contributed by atoms with Gasteiger partial charge in [-0.05, 0) is 30.5 Å². The van der Waals surface area contributed by atoms with Gasteiger partial charge in [0.1, 0.15) is 13.2 Å². The average Bonchev–Trinajstić information content (AvgIpc) is 3.24. The van der Waals surface area contributed by atoms with Crippen molar-refractivity contribution in [1.82, 2.24) is 10.2 Å². The molecule has 2 aromatic carbocycles. The van der Waals surface area contributed by atoms with Crippen LogP contribution in [0.1, 0.15) is 30.0 Å². The van der Waals surface area contributed by atoms with Crippen molar-refractivity contribution in [3.63, 3.8) is 0 Å². The Kier molecular flexibility index (Phi) is 5.55. The molecule has 0 saturated carbocycles. The first-order chi connectivity index (χ1) is 14.2. The first-order valence-corrected chi connectivity index (χ1v) is 9.92. The minimum Gasteiger partial charge on any atom is -0.486 e. The molecule has 0 aliphatic carbocycles. The molecule has 1 fully saturated rings. The molecule has 2 aromatic rings. The number of anilines is 1. The van der Waals surface area contributed by atoms with Crippen molar-refractivity contribution < 1.29 is 19.1 Å². The molecule has 2 aliphatic heterocycles. The highest BCUT2D eigenvalue weighted by Crippen LogP contribution is 2.42. The molecule has 3 amide bonds. The van der Waals surface area contributed by atoms with Crippen LogP contribution in [0.3, 0.4) is 0 Å². The number of nitrogens with one attached hydrogen (secondary N) is 2. The number of amides is 3. The molecule has 0 bridgehead atoms. The monoisotopic (exact) mass is 395 g/mol. The third-order valence-electron chi connectivity index (χ3n) is 5.36. The van der Waals surface area contributed by atoms with Gasteiger partial charge in [0.25, 0.3) is 0 Å². The lowest BCUT2D eigenvalue weighted by atomic mass is 10.0. The number of rotatable bonds is 4. The van der Waals surface area contributed by atoms with Gasteiger partial charge < -0.3 is 25.0 Å². The molecule has 2 aliphatic rings. The summed E-state index contributed by atoms with van der Waals surface area (Å²) in [4.78, 5) is 26.7. The highest BCUT2D eigenvalue weighted by molar-refractivity contribution is 5.92. The van der Waals surface area contributed by atoms with Crippen LogP contribution in [-0.2, 0) is 11.2 Å². The van der Waals surface area contributed by atoms with Crippen molar-refractivity contribution in [2.24, 2.45) is 0 Å². The number of urea groups is 1. The molecule has 0 spiro atoms. The summed E-state index contributed by atoms with van der Waals surface area (Å²) in [5.41, 5.74) is 2.42. The van der Waals surface area contributed by atoms with Crippen LogP contribution in [0, 0.1) is 0 Å². The van der Waals surface area contributed by atoms with Crippen LogP contribution >= 0.6 is 0 Å². The maximum Gasteiger partial charge on any atom is 0.322 e. The smallest absolute Gasteiger partial charge is 0.322 e. The van der Waals surface area contributed by atoms with E-state index in [1.54, 1.807) is 7.05 Å². The Morgan fingerprint density at radius 2 is 1.93 bits per heavy atom. The zero-order valence-corrected chi connectivity index (χ0v) is 16.4. The predicted octanol–water partition coefficient (Wildman–Crippen LogP) is 3.12. The summed E-state index contributed by atoms with van der Waals surface area (Å²) >= 11 is 0. The number of nitrogens with zero attached hydrogens (tertiary/aromatic N) is 1. The summed E-state index contributed by atoms with van der Waals surface area (Å²) in [7, 11) is 1.60. The fourth-order valence-electron chi connectivity index (χ4n) is 3.94. The van der Waals surface area contributed by atoms with E-state index in [1.165, 1.54) is 0 Å². The molecule has 0 aromatic heterocycles. The summed E-state index contributed by atoms with van der Waals surface area (Å²) in [6, 6.07) is 13.0. The molecule has 1 unspecified atom stereocenters. The Hall–Kier alpha value is -3.22. The van der Waals surface area contributed by atoms with Crippen LogP contribution in [0.5, 0.6) is 11.5 Å². The molecular weight excluding hydrogens is 370 g/mol. The van der Waals surface area contributed by atoms with Crippen LogP contribution in [0.4, 0.5) is 10.5 Å². The van der Waals surface area contributed by atoms with Gasteiger partial charge in [-0.3, -0.25) is 4.79 Å². The third kappa shape index (κ3) is 3.99. The van der Waals surface area contributed by atoms with Crippen LogP contribution in [0.25, 0.3) is 0 Å². The molecule has 29 heavy (non-hydrogen) atoms. The number of hydrogen-bond donors (Lipinski definition) is 2. The van der Waals surface area contributed by atoms with E-state index in [9.17, 15) is 9.59 Å². The molecule has 0 radical (unpaired) electrons. The molecule has 2 N–H and O–H groups in total. The summed E-state index contributed by atoms with van der Waals surface area (Å²) < 4.78 is 11.6. The van der Waals surface area contributed by atoms with Gasteiger partial charge >= 0.3 is 6.03 Å². The van der Waals surface area contributed by atoms with Gasteiger partial charge in [0, 0.05) is 24.8 Å². The Labute approximate surface area is 170 Å². The molecule has 4 rings (SSSR count). The van der Waals surface area contributed by atoms with E-state index in [4.69, 9.17) is 9.47 Å². The van der Waals surface area contributed by atoms with Crippen LogP contribution in [-0.4, -0.2) is 43.6 Å². The quantitative estimate of drug-likeness (QED) is 0.834. The second-order valence-electron chi connectivity index (χ2n) is 7.16. The Morgan fingerprint density at radius 3 is 2.79 bits per heavy atom. The van der Waals surface area contributed by atoms with Gasteiger partial charge in [-0.25, -0.2) is 4.79 Å². The first kappa shape index (κ1) is 19.1. The van der Waals surface area contributed by atoms with Crippen LogP contribution in [0.15, 0.2) is 42.5 Å². The van der Waals surface area contributed by atoms with E-state index in [2.05, 4.69) is 10.6 Å². The molecule has 7 heteroatoms. The number of para-hydroxylation sites is 2. The van der Waals surface area contributed by atoms with Gasteiger partial charge in [-0.15, -0.1) is 0 Å². The van der Waals surface area contributed by atoms with Crippen molar-refractivity contribution in [3.05, 3.63) is 53.6 Å². The fraction of sp³-hybridized carbons (Fsp3) is 0.364. The molecule has 152 valence electrons. The van der Waals surface area contributed by atoms with Crippen molar-refractivity contribution in [2.75, 3.05) is 32.1 Å². The number of ether oxygens (including phenoxy) is 2. The SMILES string of the molecule is CNC(=O)Cc1ccccc1NC(=O)N1CCCC1c1cccc2c1OCCO2. The lowest BCUT2D eigenvalue weighted by molar-refractivity contribution is -0.119. The maximum atomic E-state index is 13.1. The van der Waals surface area contributed by atoms with Gasteiger partial charge in [-0.1, -0.05) is 30.3 Å². The fourth-order valence-corrected chi connectivity index (χ4v) is 3.94. The molecule has 7 nitrogen and oxygen atoms in total. The van der Waals surface area contributed by atoms with Crippen LogP contribution in [0.2, 0.25) is 0 Å². The van der Waals surface area contributed by atoms with E-state index in [-0.39, 0.29) is 24.4 Å². The van der Waals surface area contributed by atoms with E-state index in [1.807, 2.05) is 47.4 Å².